The van der Waals surface area contributed by atoms with Gasteiger partial charge < -0.3 is 4.90 Å². The monoisotopic (exact) mass is 497 g/mol. The number of aromatic nitrogens is 2. The molecule has 5 nitrogen and oxygen atoms in total. The van der Waals surface area contributed by atoms with Crippen LogP contribution >= 0.6 is 15.9 Å². The first-order valence-corrected chi connectivity index (χ1v) is 12.3. The maximum atomic E-state index is 13.6. The first kappa shape index (κ1) is 24.2. The number of halogens is 1. The molecule has 1 amide bonds. The Morgan fingerprint density at radius 3 is 2.41 bits per heavy atom. The van der Waals surface area contributed by atoms with Gasteiger partial charge in [0.05, 0.1) is 22.6 Å². The molecule has 0 saturated carbocycles. The van der Waals surface area contributed by atoms with Crippen molar-refractivity contribution in [2.45, 2.75) is 65.3 Å². The Balaban J connectivity index is 2.13. The molecule has 1 aromatic heterocycles. The van der Waals surface area contributed by atoms with Gasteiger partial charge in [-0.1, -0.05) is 61.2 Å². The summed E-state index contributed by atoms with van der Waals surface area (Å²) in [6.45, 7) is 6.90. The third-order valence-electron chi connectivity index (χ3n) is 5.79. The number of carbonyl (C=O) groups is 1. The smallest absolute Gasteiger partial charge is 0.266 e. The van der Waals surface area contributed by atoms with Crippen molar-refractivity contribution in [3.05, 3.63) is 69.2 Å². The molecule has 0 saturated heterocycles. The van der Waals surface area contributed by atoms with Crippen molar-refractivity contribution < 1.29 is 4.79 Å². The minimum Gasteiger partial charge on any atom is -0.333 e. The molecular weight excluding hydrogens is 466 g/mol. The van der Waals surface area contributed by atoms with Gasteiger partial charge in [-0.25, -0.2) is 4.98 Å². The molecule has 0 radical (unpaired) electrons. The van der Waals surface area contributed by atoms with Crippen LogP contribution in [0.5, 0.6) is 0 Å². The maximum Gasteiger partial charge on any atom is 0.266 e. The standard InChI is InChI=1S/C26H32BrN3O2/c1-4-6-8-13-24(31)29(18-7-5-2)19(3)25-28-23-12-10-9-11-22(23)26(32)30(25)21-16-14-20(27)15-17-21/h9-12,14-17,19H,4-8,13,18H2,1-3H3. The van der Waals surface area contributed by atoms with Crippen molar-refractivity contribution in [1.82, 2.24) is 14.5 Å². The maximum absolute atomic E-state index is 13.6. The molecule has 1 heterocycles. The molecule has 6 heteroatoms. The van der Waals surface area contributed by atoms with Crippen LogP contribution in [-0.2, 0) is 4.79 Å². The summed E-state index contributed by atoms with van der Waals surface area (Å²) in [5.41, 5.74) is 1.28. The van der Waals surface area contributed by atoms with Crippen LogP contribution in [0.4, 0.5) is 0 Å². The zero-order chi connectivity index (χ0) is 23.1. The summed E-state index contributed by atoms with van der Waals surface area (Å²) in [6.07, 6.45) is 5.44. The highest BCUT2D eigenvalue weighted by Gasteiger charge is 2.26. The topological polar surface area (TPSA) is 55.2 Å². The Morgan fingerprint density at radius 2 is 1.72 bits per heavy atom. The van der Waals surface area contributed by atoms with Crippen LogP contribution < -0.4 is 5.56 Å². The molecule has 0 bridgehead atoms. The van der Waals surface area contributed by atoms with Crippen molar-refractivity contribution in [3.63, 3.8) is 0 Å². The number of carbonyl (C=O) groups excluding carboxylic acids is 1. The Kier molecular flexibility index (Phi) is 8.62. The molecule has 0 spiro atoms. The molecule has 170 valence electrons. The fraction of sp³-hybridized carbons (Fsp3) is 0.423. The van der Waals surface area contributed by atoms with E-state index in [-0.39, 0.29) is 17.5 Å². The van der Waals surface area contributed by atoms with Crippen LogP contribution in [0.15, 0.2) is 57.8 Å². The zero-order valence-corrected chi connectivity index (χ0v) is 20.8. The lowest BCUT2D eigenvalue weighted by Gasteiger charge is -2.31. The molecule has 1 atom stereocenters. The lowest BCUT2D eigenvalue weighted by Crippen LogP contribution is -2.38. The molecule has 1 unspecified atom stereocenters. The van der Waals surface area contributed by atoms with E-state index in [0.717, 1.165) is 42.3 Å². The van der Waals surface area contributed by atoms with Crippen molar-refractivity contribution in [1.29, 1.82) is 0 Å². The fourth-order valence-electron chi connectivity index (χ4n) is 3.94. The Morgan fingerprint density at radius 1 is 1.03 bits per heavy atom. The van der Waals surface area contributed by atoms with Crippen LogP contribution in [0, 0.1) is 0 Å². The highest BCUT2D eigenvalue weighted by molar-refractivity contribution is 9.10. The summed E-state index contributed by atoms with van der Waals surface area (Å²) >= 11 is 3.47. The van der Waals surface area contributed by atoms with E-state index in [0.29, 0.717) is 29.7 Å². The zero-order valence-electron chi connectivity index (χ0n) is 19.2. The summed E-state index contributed by atoms with van der Waals surface area (Å²) in [6, 6.07) is 14.7. The van der Waals surface area contributed by atoms with Crippen LogP contribution in [0.25, 0.3) is 16.6 Å². The van der Waals surface area contributed by atoms with Gasteiger partial charge in [-0.05, 0) is 56.2 Å². The number of para-hydroxylation sites is 1. The molecular formula is C26H32BrN3O2. The van der Waals surface area contributed by atoms with E-state index in [2.05, 4.69) is 29.8 Å². The van der Waals surface area contributed by atoms with Crippen molar-refractivity contribution >= 4 is 32.7 Å². The molecule has 3 rings (SSSR count). The molecule has 32 heavy (non-hydrogen) atoms. The lowest BCUT2D eigenvalue weighted by atomic mass is 10.1. The van der Waals surface area contributed by atoms with Crippen LogP contribution in [0.1, 0.15) is 71.2 Å². The minimum atomic E-state index is -0.323. The van der Waals surface area contributed by atoms with Gasteiger partial charge in [0, 0.05) is 17.4 Å². The second-order valence-corrected chi connectivity index (χ2v) is 9.09. The van der Waals surface area contributed by atoms with Gasteiger partial charge in [0.1, 0.15) is 5.82 Å². The molecule has 0 aliphatic heterocycles. The van der Waals surface area contributed by atoms with Crippen LogP contribution in [0.2, 0.25) is 0 Å². The van der Waals surface area contributed by atoms with Gasteiger partial charge in [-0.2, -0.15) is 0 Å². The summed E-state index contributed by atoms with van der Waals surface area (Å²) in [7, 11) is 0. The van der Waals surface area contributed by atoms with E-state index in [1.165, 1.54) is 0 Å². The van der Waals surface area contributed by atoms with E-state index in [9.17, 15) is 9.59 Å². The second-order valence-electron chi connectivity index (χ2n) is 8.18. The van der Waals surface area contributed by atoms with E-state index >= 15 is 0 Å². The number of benzene rings is 2. The predicted octanol–water partition coefficient (Wildman–Crippen LogP) is 6.42. The van der Waals surface area contributed by atoms with Gasteiger partial charge in [0.2, 0.25) is 5.91 Å². The molecule has 2 aromatic carbocycles. The Bertz CT molecular complexity index is 1110. The van der Waals surface area contributed by atoms with E-state index in [1.54, 1.807) is 10.6 Å². The van der Waals surface area contributed by atoms with Gasteiger partial charge in [-0.3, -0.25) is 14.2 Å². The Hall–Kier alpha value is -2.47. The van der Waals surface area contributed by atoms with Crippen molar-refractivity contribution in [2.75, 3.05) is 6.54 Å². The van der Waals surface area contributed by atoms with E-state index in [1.807, 2.05) is 54.3 Å². The van der Waals surface area contributed by atoms with Crippen LogP contribution in [0.3, 0.4) is 0 Å². The van der Waals surface area contributed by atoms with Crippen LogP contribution in [-0.4, -0.2) is 26.9 Å². The minimum absolute atomic E-state index is 0.117. The second kappa shape index (κ2) is 11.4. The number of nitrogens with zero attached hydrogens (tertiary/aromatic N) is 3. The summed E-state index contributed by atoms with van der Waals surface area (Å²) in [5, 5.41) is 0.570. The average Bonchev–Trinajstić information content (AvgIpc) is 2.80. The van der Waals surface area contributed by atoms with E-state index < -0.39 is 0 Å². The molecule has 0 N–H and O–H groups in total. The number of unbranched alkanes of at least 4 members (excludes halogenated alkanes) is 3. The van der Waals surface area contributed by atoms with Gasteiger partial charge in [0.15, 0.2) is 0 Å². The highest BCUT2D eigenvalue weighted by Crippen LogP contribution is 2.25. The number of hydrogen-bond donors (Lipinski definition) is 0. The molecule has 0 fully saturated rings. The SMILES string of the molecule is CCCCCC(=O)N(CCCC)C(C)c1nc2ccccc2c(=O)n1-c1ccc(Br)cc1. The number of hydrogen-bond acceptors (Lipinski definition) is 3. The summed E-state index contributed by atoms with van der Waals surface area (Å²) < 4.78 is 2.60. The Labute approximate surface area is 198 Å². The van der Waals surface area contributed by atoms with Gasteiger partial charge in [0.25, 0.3) is 5.56 Å². The molecule has 0 aliphatic rings. The first-order chi connectivity index (χ1) is 15.5. The quantitative estimate of drug-likeness (QED) is 0.303. The fourth-order valence-corrected chi connectivity index (χ4v) is 4.21. The number of rotatable bonds is 10. The lowest BCUT2D eigenvalue weighted by molar-refractivity contribution is -0.133. The number of fused-ring (bicyclic) bond motifs is 1. The predicted molar refractivity (Wildman–Crippen MR) is 134 cm³/mol. The number of amides is 1. The molecule has 0 aliphatic carbocycles. The third kappa shape index (κ3) is 5.47. The molecule has 3 aromatic rings. The average molecular weight is 498 g/mol. The van der Waals surface area contributed by atoms with E-state index in [4.69, 9.17) is 4.98 Å². The summed E-state index contributed by atoms with van der Waals surface area (Å²) in [5.74, 6) is 0.722. The van der Waals surface area contributed by atoms with Crippen molar-refractivity contribution in [2.24, 2.45) is 0 Å². The normalized spacial score (nSPS) is 12.1. The van der Waals surface area contributed by atoms with Crippen molar-refractivity contribution in [3.8, 4) is 5.69 Å². The largest absolute Gasteiger partial charge is 0.333 e. The first-order valence-electron chi connectivity index (χ1n) is 11.5. The third-order valence-corrected chi connectivity index (χ3v) is 6.32. The summed E-state index contributed by atoms with van der Waals surface area (Å²) in [4.78, 5) is 33.6. The van der Waals surface area contributed by atoms with Gasteiger partial charge in [-0.15, -0.1) is 0 Å². The highest BCUT2D eigenvalue weighted by atomic mass is 79.9. The van der Waals surface area contributed by atoms with Gasteiger partial charge >= 0.3 is 0 Å².